The molecule has 2 aliphatic rings. The van der Waals surface area contributed by atoms with Crippen LogP contribution in [0.15, 0.2) is 4.52 Å². The fourth-order valence-corrected chi connectivity index (χ4v) is 1.72. The van der Waals surface area contributed by atoms with Crippen LogP contribution in [0.5, 0.6) is 0 Å². The molecule has 0 saturated heterocycles. The largest absolute Gasteiger partial charge is 0.337 e. The predicted octanol–water partition coefficient (Wildman–Crippen LogP) is 2.01. The summed E-state index contributed by atoms with van der Waals surface area (Å²) in [5.41, 5.74) is 0. The van der Waals surface area contributed by atoms with Crippen LogP contribution in [-0.4, -0.2) is 16.7 Å². The molecule has 76 valence electrons. The van der Waals surface area contributed by atoms with Crippen molar-refractivity contribution in [2.75, 3.05) is 11.9 Å². The zero-order chi connectivity index (χ0) is 9.54. The van der Waals surface area contributed by atoms with Crippen molar-refractivity contribution in [3.05, 3.63) is 5.82 Å². The van der Waals surface area contributed by atoms with Gasteiger partial charge in [-0.2, -0.15) is 4.98 Å². The lowest BCUT2D eigenvalue weighted by Gasteiger charge is -1.96. The van der Waals surface area contributed by atoms with Crippen molar-refractivity contribution in [1.29, 1.82) is 0 Å². The minimum atomic E-state index is 0.578. The molecule has 1 aromatic heterocycles. The maximum Gasteiger partial charge on any atom is 0.321 e. The third-order valence-electron chi connectivity index (χ3n) is 3.18. The molecule has 3 rings (SSSR count). The van der Waals surface area contributed by atoms with Crippen LogP contribution in [0.3, 0.4) is 0 Å². The molecule has 1 N–H and O–H groups in total. The molecule has 2 atom stereocenters. The number of hydrogen-bond acceptors (Lipinski definition) is 4. The number of hydrogen-bond donors (Lipinski definition) is 1. The molecule has 2 aliphatic carbocycles. The van der Waals surface area contributed by atoms with Gasteiger partial charge in [0.05, 0.1) is 0 Å². The van der Waals surface area contributed by atoms with Gasteiger partial charge in [0.2, 0.25) is 0 Å². The molecule has 14 heavy (non-hydrogen) atoms. The molecule has 0 spiro atoms. The van der Waals surface area contributed by atoms with Gasteiger partial charge in [-0.3, -0.25) is 0 Å². The number of nitrogens with zero attached hydrogens (tertiary/aromatic N) is 2. The van der Waals surface area contributed by atoms with Gasteiger partial charge in [-0.05, 0) is 31.1 Å². The van der Waals surface area contributed by atoms with Crippen molar-refractivity contribution in [3.8, 4) is 0 Å². The number of rotatable bonds is 4. The molecule has 1 heterocycles. The second kappa shape index (κ2) is 2.97. The van der Waals surface area contributed by atoms with Crippen molar-refractivity contribution >= 4 is 6.01 Å². The summed E-state index contributed by atoms with van der Waals surface area (Å²) in [6, 6.07) is 0.603. The van der Waals surface area contributed by atoms with E-state index in [9.17, 15) is 0 Å². The first-order valence-corrected chi connectivity index (χ1v) is 5.40. The van der Waals surface area contributed by atoms with Gasteiger partial charge < -0.3 is 9.84 Å². The molecule has 4 heteroatoms. The van der Waals surface area contributed by atoms with Gasteiger partial charge >= 0.3 is 6.01 Å². The fraction of sp³-hybridized carbons (Fsp3) is 0.800. The summed E-state index contributed by atoms with van der Waals surface area (Å²) in [5, 5.41) is 7.15. The molecule has 2 unspecified atom stereocenters. The highest BCUT2D eigenvalue weighted by atomic mass is 16.5. The highest BCUT2D eigenvalue weighted by molar-refractivity contribution is 5.21. The van der Waals surface area contributed by atoms with Gasteiger partial charge in [-0.25, -0.2) is 0 Å². The van der Waals surface area contributed by atoms with Gasteiger partial charge in [0.25, 0.3) is 0 Å². The Hall–Kier alpha value is -1.06. The quantitative estimate of drug-likeness (QED) is 0.794. The maximum absolute atomic E-state index is 5.11. The Kier molecular flexibility index (Phi) is 1.75. The number of anilines is 1. The van der Waals surface area contributed by atoms with Crippen LogP contribution in [0.2, 0.25) is 0 Å². The van der Waals surface area contributed by atoms with E-state index < -0.39 is 0 Å². The Morgan fingerprint density at radius 3 is 2.93 bits per heavy atom. The van der Waals surface area contributed by atoms with Gasteiger partial charge in [0.1, 0.15) is 0 Å². The summed E-state index contributed by atoms with van der Waals surface area (Å²) in [6.45, 7) is 3.25. The predicted molar refractivity (Wildman–Crippen MR) is 52.0 cm³/mol. The first-order valence-electron chi connectivity index (χ1n) is 5.40. The minimum Gasteiger partial charge on any atom is -0.337 e. The first-order chi connectivity index (χ1) is 6.83. The molecule has 0 bridgehead atoms. The molecule has 2 saturated carbocycles. The monoisotopic (exact) mass is 193 g/mol. The Bertz CT molecular complexity index is 332. The normalized spacial score (nSPS) is 30.4. The average molecular weight is 193 g/mol. The Morgan fingerprint density at radius 1 is 1.50 bits per heavy atom. The van der Waals surface area contributed by atoms with Gasteiger partial charge in [-0.1, -0.05) is 12.1 Å². The second-order valence-electron chi connectivity index (χ2n) is 4.59. The molecular formula is C10H15N3O. The van der Waals surface area contributed by atoms with E-state index in [4.69, 9.17) is 4.52 Å². The van der Waals surface area contributed by atoms with Crippen molar-refractivity contribution in [3.63, 3.8) is 0 Å². The van der Waals surface area contributed by atoms with Crippen molar-refractivity contribution in [2.24, 2.45) is 11.8 Å². The van der Waals surface area contributed by atoms with Crippen molar-refractivity contribution < 1.29 is 4.52 Å². The molecular weight excluding hydrogens is 178 g/mol. The van der Waals surface area contributed by atoms with Crippen LogP contribution in [-0.2, 0) is 0 Å². The Morgan fingerprint density at radius 2 is 2.29 bits per heavy atom. The summed E-state index contributed by atoms with van der Waals surface area (Å²) in [4.78, 5) is 4.31. The third-order valence-corrected chi connectivity index (χ3v) is 3.18. The van der Waals surface area contributed by atoms with E-state index in [1.165, 1.54) is 19.3 Å². The van der Waals surface area contributed by atoms with Crippen molar-refractivity contribution in [1.82, 2.24) is 10.1 Å². The summed E-state index contributed by atoms with van der Waals surface area (Å²) >= 11 is 0. The summed E-state index contributed by atoms with van der Waals surface area (Å²) in [6.07, 6.45) is 3.77. The maximum atomic E-state index is 5.11. The van der Waals surface area contributed by atoms with E-state index in [1.54, 1.807) is 0 Å². The zero-order valence-electron chi connectivity index (χ0n) is 8.36. The van der Waals surface area contributed by atoms with E-state index >= 15 is 0 Å². The van der Waals surface area contributed by atoms with E-state index in [-0.39, 0.29) is 0 Å². The molecule has 0 aliphatic heterocycles. The minimum absolute atomic E-state index is 0.578. The second-order valence-corrected chi connectivity index (χ2v) is 4.59. The van der Waals surface area contributed by atoms with Gasteiger partial charge in [-0.15, -0.1) is 0 Å². The first kappa shape index (κ1) is 8.26. The Balaban J connectivity index is 1.54. The lowest BCUT2D eigenvalue weighted by Crippen LogP contribution is -2.04. The number of aromatic nitrogens is 2. The van der Waals surface area contributed by atoms with Crippen LogP contribution in [0.25, 0.3) is 0 Å². The highest BCUT2D eigenvalue weighted by Gasteiger charge is 2.33. The van der Waals surface area contributed by atoms with Crippen LogP contribution in [0.1, 0.15) is 37.9 Å². The molecule has 0 aromatic carbocycles. The van der Waals surface area contributed by atoms with E-state index in [0.29, 0.717) is 11.9 Å². The van der Waals surface area contributed by atoms with Crippen LogP contribution >= 0.6 is 0 Å². The fourth-order valence-electron chi connectivity index (χ4n) is 1.72. The van der Waals surface area contributed by atoms with Crippen LogP contribution in [0, 0.1) is 11.8 Å². The summed E-state index contributed by atoms with van der Waals surface area (Å²) in [5.74, 6) is 3.14. The van der Waals surface area contributed by atoms with Crippen LogP contribution < -0.4 is 5.32 Å². The van der Waals surface area contributed by atoms with Gasteiger partial charge in [0.15, 0.2) is 5.82 Å². The molecule has 2 fully saturated rings. The average Bonchev–Trinajstić information content (AvgIpc) is 3.08. The lowest BCUT2D eigenvalue weighted by molar-refractivity contribution is 0.422. The molecule has 0 amide bonds. The zero-order valence-corrected chi connectivity index (χ0v) is 8.36. The van der Waals surface area contributed by atoms with Crippen molar-refractivity contribution in [2.45, 2.75) is 32.1 Å². The summed E-state index contributed by atoms with van der Waals surface area (Å²) in [7, 11) is 0. The van der Waals surface area contributed by atoms with Crippen LogP contribution in [0.4, 0.5) is 6.01 Å². The Labute approximate surface area is 83.1 Å². The molecule has 0 radical (unpaired) electrons. The van der Waals surface area contributed by atoms with E-state index in [0.717, 1.165) is 24.2 Å². The third kappa shape index (κ3) is 1.61. The SMILES string of the molecule is CC1CC1CNc1nc(C2CC2)no1. The van der Waals surface area contributed by atoms with E-state index in [2.05, 4.69) is 22.4 Å². The van der Waals surface area contributed by atoms with Gasteiger partial charge in [0, 0.05) is 12.5 Å². The van der Waals surface area contributed by atoms with E-state index in [1.807, 2.05) is 0 Å². The smallest absolute Gasteiger partial charge is 0.321 e. The summed E-state index contributed by atoms with van der Waals surface area (Å²) < 4.78 is 5.11. The highest BCUT2D eigenvalue weighted by Crippen LogP contribution is 2.39. The number of nitrogens with one attached hydrogen (secondary N) is 1. The topological polar surface area (TPSA) is 51.0 Å². The lowest BCUT2D eigenvalue weighted by atomic mass is 10.3. The standard InChI is InChI=1S/C10H15N3O/c1-6-4-8(6)5-11-10-12-9(13-14-10)7-2-3-7/h6-8H,2-5H2,1H3,(H,11,12,13). The molecule has 4 nitrogen and oxygen atoms in total. The molecule has 1 aromatic rings.